The molecule has 0 aromatic rings. The molecule has 2 nitrogen and oxygen atoms in total. The Hall–Kier alpha value is -0.530. The van der Waals surface area contributed by atoms with E-state index in [1.54, 1.807) is 0 Å². The van der Waals surface area contributed by atoms with Crippen LogP contribution in [0.2, 0.25) is 0 Å². The molecule has 1 rings (SSSR count). The van der Waals surface area contributed by atoms with Crippen LogP contribution in [0.1, 0.15) is 6.92 Å². The Labute approximate surface area is 43.8 Å². The quantitative estimate of drug-likeness (QED) is 0.427. The Morgan fingerprint density at radius 1 is 1.86 bits per heavy atom. The summed E-state index contributed by atoms with van der Waals surface area (Å²) in [5, 5.41) is 0. The molecule has 0 amide bonds. The average molecular weight is 98.1 g/mol. The summed E-state index contributed by atoms with van der Waals surface area (Å²) in [7, 11) is 2.03. The van der Waals surface area contributed by atoms with E-state index in [2.05, 4.69) is 16.8 Å². The second-order valence-corrected chi connectivity index (χ2v) is 2.05. The Bertz CT molecular complexity index is 78.1. The summed E-state index contributed by atoms with van der Waals surface area (Å²) in [6.45, 7) is 3.19. The molecular formula is C5H10N2. The van der Waals surface area contributed by atoms with Gasteiger partial charge in [-0.05, 0) is 6.92 Å². The van der Waals surface area contributed by atoms with Gasteiger partial charge in [-0.25, -0.2) is 0 Å². The summed E-state index contributed by atoms with van der Waals surface area (Å²) in [5.41, 5.74) is 0. The van der Waals surface area contributed by atoms with Crippen molar-refractivity contribution in [2.45, 2.75) is 13.0 Å². The van der Waals surface area contributed by atoms with Crippen LogP contribution < -0.4 is 0 Å². The maximum Gasteiger partial charge on any atom is 0.0852 e. The Morgan fingerprint density at radius 2 is 2.57 bits per heavy atom. The number of aliphatic imine (C=N–C) groups is 1. The lowest BCUT2D eigenvalue weighted by atomic mass is 10.4. The largest absolute Gasteiger partial charge is 0.364 e. The fourth-order valence-electron chi connectivity index (χ4n) is 0.739. The Kier molecular flexibility index (Phi) is 1.01. The topological polar surface area (TPSA) is 15.6 Å². The zero-order valence-electron chi connectivity index (χ0n) is 4.76. The normalized spacial score (nSPS) is 29.4. The van der Waals surface area contributed by atoms with Crippen LogP contribution in [-0.4, -0.2) is 30.9 Å². The van der Waals surface area contributed by atoms with Crippen LogP contribution in [-0.2, 0) is 0 Å². The number of likely N-dealkylation sites (N-methyl/N-ethyl adjacent to an activating group) is 1. The highest BCUT2D eigenvalue weighted by atomic mass is 15.2. The van der Waals surface area contributed by atoms with Gasteiger partial charge in [0.15, 0.2) is 0 Å². The Morgan fingerprint density at radius 3 is 2.71 bits per heavy atom. The first-order valence-corrected chi connectivity index (χ1v) is 2.52. The smallest absolute Gasteiger partial charge is 0.0852 e. The molecule has 7 heavy (non-hydrogen) atoms. The molecule has 1 heterocycles. The van der Waals surface area contributed by atoms with Crippen molar-refractivity contribution in [3.63, 3.8) is 0 Å². The minimum atomic E-state index is 0.519. The minimum Gasteiger partial charge on any atom is -0.364 e. The molecule has 1 atom stereocenters. The van der Waals surface area contributed by atoms with Gasteiger partial charge in [0.25, 0.3) is 0 Å². The molecule has 0 aliphatic carbocycles. The third kappa shape index (κ3) is 0.918. The molecule has 0 spiro atoms. The lowest BCUT2D eigenvalue weighted by Crippen LogP contribution is -2.15. The van der Waals surface area contributed by atoms with Gasteiger partial charge in [0.05, 0.1) is 12.4 Å². The molecule has 1 aliphatic heterocycles. The molecule has 0 fully saturated rings. The van der Waals surface area contributed by atoms with E-state index >= 15 is 0 Å². The summed E-state index contributed by atoms with van der Waals surface area (Å²) < 4.78 is 0. The predicted molar refractivity (Wildman–Crippen MR) is 30.6 cm³/mol. The van der Waals surface area contributed by atoms with Crippen molar-refractivity contribution in [3.8, 4) is 0 Å². The predicted octanol–water partition coefficient (Wildman–Crippen LogP) is 0.349. The van der Waals surface area contributed by atoms with Crippen molar-refractivity contribution in [1.29, 1.82) is 0 Å². The second kappa shape index (κ2) is 1.52. The third-order valence-electron chi connectivity index (χ3n) is 1.07. The first-order valence-electron chi connectivity index (χ1n) is 2.52. The highest BCUT2D eigenvalue weighted by molar-refractivity contribution is 5.57. The van der Waals surface area contributed by atoms with E-state index in [4.69, 9.17) is 0 Å². The van der Waals surface area contributed by atoms with E-state index in [-0.39, 0.29) is 0 Å². The number of rotatable bonds is 0. The maximum atomic E-state index is 4.12. The van der Waals surface area contributed by atoms with Gasteiger partial charge in [-0.2, -0.15) is 0 Å². The second-order valence-electron chi connectivity index (χ2n) is 2.05. The number of hydrogen-bond acceptors (Lipinski definition) is 2. The van der Waals surface area contributed by atoms with E-state index in [9.17, 15) is 0 Å². The SMILES string of the molecule is CC1CN(C)C=N1. The summed E-state index contributed by atoms with van der Waals surface area (Å²) in [4.78, 5) is 6.21. The highest BCUT2D eigenvalue weighted by Gasteiger charge is 2.05. The van der Waals surface area contributed by atoms with Gasteiger partial charge in [-0.15, -0.1) is 0 Å². The van der Waals surface area contributed by atoms with Crippen molar-refractivity contribution in [2.75, 3.05) is 13.6 Å². The maximum absolute atomic E-state index is 4.12. The van der Waals surface area contributed by atoms with Crippen LogP contribution in [0.5, 0.6) is 0 Å². The zero-order chi connectivity index (χ0) is 5.28. The number of nitrogens with zero attached hydrogens (tertiary/aromatic N) is 2. The molecule has 0 aromatic carbocycles. The monoisotopic (exact) mass is 98.1 g/mol. The summed E-state index contributed by atoms with van der Waals surface area (Å²) >= 11 is 0. The molecule has 0 bridgehead atoms. The van der Waals surface area contributed by atoms with Crippen LogP contribution in [0.3, 0.4) is 0 Å². The molecule has 0 saturated carbocycles. The molecule has 0 saturated heterocycles. The van der Waals surface area contributed by atoms with Crippen molar-refractivity contribution in [3.05, 3.63) is 0 Å². The van der Waals surface area contributed by atoms with Crippen LogP contribution in [0.25, 0.3) is 0 Å². The molecule has 0 aromatic heterocycles. The standard InChI is InChI=1S/C5H10N2/c1-5-3-7(2)4-6-5/h4-5H,3H2,1-2H3. The molecule has 1 unspecified atom stereocenters. The van der Waals surface area contributed by atoms with Crippen LogP contribution in [0.15, 0.2) is 4.99 Å². The summed E-state index contributed by atoms with van der Waals surface area (Å²) in [6, 6.07) is 0.519. The fourth-order valence-corrected chi connectivity index (χ4v) is 0.739. The summed E-state index contributed by atoms with van der Waals surface area (Å²) in [6.07, 6.45) is 1.88. The minimum absolute atomic E-state index is 0.519. The van der Waals surface area contributed by atoms with Crippen molar-refractivity contribution < 1.29 is 0 Å². The molecule has 2 heteroatoms. The van der Waals surface area contributed by atoms with Gasteiger partial charge < -0.3 is 4.90 Å². The molecule has 1 aliphatic rings. The van der Waals surface area contributed by atoms with Crippen molar-refractivity contribution in [2.24, 2.45) is 4.99 Å². The average Bonchev–Trinajstić information content (AvgIpc) is 1.87. The first-order chi connectivity index (χ1) is 3.29. The van der Waals surface area contributed by atoms with Gasteiger partial charge in [-0.1, -0.05) is 0 Å². The third-order valence-corrected chi connectivity index (χ3v) is 1.07. The van der Waals surface area contributed by atoms with Gasteiger partial charge >= 0.3 is 0 Å². The van der Waals surface area contributed by atoms with Gasteiger partial charge in [0, 0.05) is 13.6 Å². The molecule has 40 valence electrons. The lowest BCUT2D eigenvalue weighted by molar-refractivity contribution is 0.522. The van der Waals surface area contributed by atoms with Gasteiger partial charge in [0.2, 0.25) is 0 Å². The van der Waals surface area contributed by atoms with E-state index in [0.717, 1.165) is 6.54 Å². The fraction of sp³-hybridized carbons (Fsp3) is 0.800. The highest BCUT2D eigenvalue weighted by Crippen LogP contribution is 1.97. The van der Waals surface area contributed by atoms with E-state index in [0.29, 0.717) is 6.04 Å². The first kappa shape index (κ1) is 4.62. The van der Waals surface area contributed by atoms with E-state index in [1.165, 1.54) is 0 Å². The van der Waals surface area contributed by atoms with E-state index in [1.807, 2.05) is 13.4 Å². The van der Waals surface area contributed by atoms with Gasteiger partial charge in [-0.3, -0.25) is 4.99 Å². The van der Waals surface area contributed by atoms with Crippen molar-refractivity contribution >= 4 is 6.34 Å². The van der Waals surface area contributed by atoms with Crippen LogP contribution in [0.4, 0.5) is 0 Å². The zero-order valence-corrected chi connectivity index (χ0v) is 4.76. The van der Waals surface area contributed by atoms with E-state index < -0.39 is 0 Å². The van der Waals surface area contributed by atoms with Crippen molar-refractivity contribution in [1.82, 2.24) is 4.90 Å². The molecule has 0 radical (unpaired) electrons. The van der Waals surface area contributed by atoms with Gasteiger partial charge in [0.1, 0.15) is 0 Å². The lowest BCUT2D eigenvalue weighted by Gasteiger charge is -2.03. The summed E-state index contributed by atoms with van der Waals surface area (Å²) in [5.74, 6) is 0. The Balaban J connectivity index is 2.42. The van der Waals surface area contributed by atoms with Crippen LogP contribution in [0, 0.1) is 0 Å². The molecular weight excluding hydrogens is 88.1 g/mol. The molecule has 0 N–H and O–H groups in total. The van der Waals surface area contributed by atoms with Crippen LogP contribution >= 0.6 is 0 Å². The number of hydrogen-bond donors (Lipinski definition) is 0.